The molecule has 0 spiro atoms. The molecular formula is C24H24N4O2S3. The zero-order valence-corrected chi connectivity index (χ0v) is 20.6. The van der Waals surface area contributed by atoms with E-state index in [1.165, 1.54) is 11.8 Å². The Morgan fingerprint density at radius 3 is 2.36 bits per heavy atom. The van der Waals surface area contributed by atoms with Gasteiger partial charge >= 0.3 is 0 Å². The number of anilines is 1. The number of hydrogen-bond acceptors (Lipinski definition) is 7. The molecule has 0 radical (unpaired) electrons. The Balaban J connectivity index is 1.20. The number of rotatable bonds is 7. The van der Waals surface area contributed by atoms with Gasteiger partial charge in [0.1, 0.15) is 11.4 Å². The first kappa shape index (κ1) is 22.1. The fourth-order valence-electron chi connectivity index (χ4n) is 3.84. The second kappa shape index (κ2) is 10.0. The molecule has 1 aliphatic heterocycles. The number of aromatic amines is 1. The van der Waals surface area contributed by atoms with E-state index >= 15 is 0 Å². The highest BCUT2D eigenvalue weighted by atomic mass is 32.2. The predicted octanol–water partition coefficient (Wildman–Crippen LogP) is 5.32. The van der Waals surface area contributed by atoms with E-state index in [4.69, 9.17) is 9.72 Å². The third kappa shape index (κ3) is 4.95. The normalized spacial score (nSPS) is 14.0. The zero-order chi connectivity index (χ0) is 22.6. The number of piperazine rings is 1. The average Bonchev–Trinajstić information content (AvgIpc) is 3.64. The van der Waals surface area contributed by atoms with Crippen LogP contribution in [0.1, 0.15) is 0 Å². The van der Waals surface area contributed by atoms with E-state index in [1.807, 2.05) is 29.2 Å². The Labute approximate surface area is 205 Å². The lowest BCUT2D eigenvalue weighted by Crippen LogP contribution is -2.49. The van der Waals surface area contributed by atoms with Crippen molar-refractivity contribution in [3.63, 3.8) is 0 Å². The monoisotopic (exact) mass is 496 g/mol. The van der Waals surface area contributed by atoms with Crippen LogP contribution in [0, 0.1) is 0 Å². The molecule has 1 aromatic carbocycles. The van der Waals surface area contributed by atoms with Crippen LogP contribution in [0.15, 0.2) is 64.4 Å². The first-order valence-corrected chi connectivity index (χ1v) is 13.4. The number of amides is 1. The Morgan fingerprint density at radius 1 is 1.03 bits per heavy atom. The first-order valence-electron chi connectivity index (χ1n) is 10.7. The van der Waals surface area contributed by atoms with Crippen LogP contribution >= 0.6 is 34.4 Å². The molecule has 9 heteroatoms. The molecule has 33 heavy (non-hydrogen) atoms. The molecule has 1 N–H and O–H groups in total. The highest BCUT2D eigenvalue weighted by molar-refractivity contribution is 7.99. The summed E-state index contributed by atoms with van der Waals surface area (Å²) < 4.78 is 5.24. The molecule has 5 rings (SSSR count). The molecule has 170 valence electrons. The minimum Gasteiger partial charge on any atom is -0.497 e. The molecule has 0 unspecified atom stereocenters. The quantitative estimate of drug-likeness (QED) is 0.351. The summed E-state index contributed by atoms with van der Waals surface area (Å²) in [4.78, 5) is 27.7. The summed E-state index contributed by atoms with van der Waals surface area (Å²) in [5.41, 5.74) is 3.14. The van der Waals surface area contributed by atoms with Crippen LogP contribution in [-0.2, 0) is 4.79 Å². The highest BCUT2D eigenvalue weighted by Gasteiger charge is 2.22. The van der Waals surface area contributed by atoms with Crippen molar-refractivity contribution in [2.24, 2.45) is 0 Å². The van der Waals surface area contributed by atoms with Crippen LogP contribution in [-0.4, -0.2) is 59.8 Å². The number of thioether (sulfide) groups is 1. The second-order valence-electron chi connectivity index (χ2n) is 7.57. The number of imidazole rings is 1. The van der Waals surface area contributed by atoms with Crippen molar-refractivity contribution in [3.05, 3.63) is 59.3 Å². The van der Waals surface area contributed by atoms with Gasteiger partial charge in [-0.15, -0.1) is 22.7 Å². The number of carbonyl (C=O) groups is 1. The van der Waals surface area contributed by atoms with Crippen LogP contribution in [0.2, 0.25) is 0 Å². The minimum atomic E-state index is 0.154. The fraction of sp³-hybridized carbons (Fsp3) is 0.250. The van der Waals surface area contributed by atoms with Crippen molar-refractivity contribution in [1.82, 2.24) is 14.9 Å². The van der Waals surface area contributed by atoms with Crippen molar-refractivity contribution in [1.29, 1.82) is 0 Å². The molecule has 1 amide bonds. The maximum atomic E-state index is 12.9. The van der Waals surface area contributed by atoms with Crippen LogP contribution in [0.4, 0.5) is 5.69 Å². The molecule has 1 fully saturated rings. The number of benzene rings is 1. The summed E-state index contributed by atoms with van der Waals surface area (Å²) >= 11 is 4.84. The number of methoxy groups -OCH3 is 1. The smallest absolute Gasteiger partial charge is 0.233 e. The van der Waals surface area contributed by atoms with E-state index in [0.29, 0.717) is 5.75 Å². The van der Waals surface area contributed by atoms with Gasteiger partial charge < -0.3 is 19.5 Å². The number of nitrogens with one attached hydrogen (secondary N) is 1. The minimum absolute atomic E-state index is 0.154. The van der Waals surface area contributed by atoms with Gasteiger partial charge in [-0.05, 0) is 47.2 Å². The summed E-state index contributed by atoms with van der Waals surface area (Å²) in [6, 6.07) is 16.3. The van der Waals surface area contributed by atoms with Crippen LogP contribution in [0.5, 0.6) is 5.75 Å². The topological polar surface area (TPSA) is 61.5 Å². The molecule has 0 bridgehead atoms. The van der Waals surface area contributed by atoms with Crippen molar-refractivity contribution in [3.8, 4) is 26.9 Å². The Kier molecular flexibility index (Phi) is 6.70. The van der Waals surface area contributed by atoms with Crippen molar-refractivity contribution in [2.45, 2.75) is 5.16 Å². The van der Waals surface area contributed by atoms with Gasteiger partial charge in [-0.2, -0.15) is 0 Å². The molecule has 0 aliphatic carbocycles. The third-order valence-corrected chi connectivity index (χ3v) is 8.23. The zero-order valence-electron chi connectivity index (χ0n) is 18.2. The van der Waals surface area contributed by atoms with Gasteiger partial charge in [0.2, 0.25) is 5.91 Å². The summed E-state index contributed by atoms with van der Waals surface area (Å²) in [7, 11) is 1.67. The molecule has 3 aromatic heterocycles. The number of hydrogen-bond donors (Lipinski definition) is 1. The Hall–Kier alpha value is -2.75. The number of aromatic nitrogens is 2. The van der Waals surface area contributed by atoms with Gasteiger partial charge in [0.05, 0.1) is 28.3 Å². The fourth-order valence-corrected chi connectivity index (χ4v) is 6.06. The van der Waals surface area contributed by atoms with Gasteiger partial charge in [0.15, 0.2) is 5.16 Å². The molecule has 0 saturated carbocycles. The second-order valence-corrected chi connectivity index (χ2v) is 10.4. The van der Waals surface area contributed by atoms with Crippen molar-refractivity contribution < 1.29 is 9.53 Å². The summed E-state index contributed by atoms with van der Waals surface area (Å²) in [6.45, 7) is 3.11. The molecule has 4 aromatic rings. The van der Waals surface area contributed by atoms with Gasteiger partial charge in [-0.25, -0.2) is 4.98 Å². The summed E-state index contributed by atoms with van der Waals surface area (Å²) in [5, 5.41) is 4.91. The van der Waals surface area contributed by atoms with Gasteiger partial charge in [0, 0.05) is 31.9 Å². The van der Waals surface area contributed by atoms with E-state index in [9.17, 15) is 4.79 Å². The predicted molar refractivity (Wildman–Crippen MR) is 138 cm³/mol. The summed E-state index contributed by atoms with van der Waals surface area (Å²) in [6.07, 6.45) is 0. The van der Waals surface area contributed by atoms with Gasteiger partial charge in [-0.1, -0.05) is 23.9 Å². The lowest BCUT2D eigenvalue weighted by molar-refractivity contribution is -0.128. The first-order chi connectivity index (χ1) is 16.2. The maximum Gasteiger partial charge on any atom is 0.233 e. The number of nitrogens with zero attached hydrogens (tertiary/aromatic N) is 3. The lowest BCUT2D eigenvalue weighted by Gasteiger charge is -2.36. The Bertz CT molecular complexity index is 1130. The van der Waals surface area contributed by atoms with Gasteiger partial charge in [-0.3, -0.25) is 4.79 Å². The van der Waals surface area contributed by atoms with Gasteiger partial charge in [0.25, 0.3) is 0 Å². The maximum absolute atomic E-state index is 12.9. The van der Waals surface area contributed by atoms with E-state index in [1.54, 1.807) is 29.8 Å². The Morgan fingerprint density at radius 2 is 1.73 bits per heavy atom. The van der Waals surface area contributed by atoms with Crippen molar-refractivity contribution >= 4 is 46.0 Å². The molecule has 1 aliphatic rings. The lowest BCUT2D eigenvalue weighted by atomic mass is 10.2. The SMILES string of the molecule is COc1ccc(N2CCN(C(=O)CSc3nc(-c4cccs4)c(-c4cccs4)[nH]3)CC2)cc1. The molecule has 1 saturated heterocycles. The average molecular weight is 497 g/mol. The van der Waals surface area contributed by atoms with Crippen LogP contribution in [0.3, 0.4) is 0 Å². The summed E-state index contributed by atoms with van der Waals surface area (Å²) in [5.74, 6) is 1.39. The van der Waals surface area contributed by atoms with Crippen LogP contribution < -0.4 is 9.64 Å². The molecular weight excluding hydrogens is 472 g/mol. The van der Waals surface area contributed by atoms with E-state index in [0.717, 1.165) is 63.9 Å². The molecule has 4 heterocycles. The van der Waals surface area contributed by atoms with Crippen molar-refractivity contribution in [2.75, 3.05) is 43.9 Å². The largest absolute Gasteiger partial charge is 0.497 e. The number of thiophene rings is 2. The number of carbonyl (C=O) groups excluding carboxylic acids is 1. The number of ether oxygens (including phenoxy) is 1. The van der Waals surface area contributed by atoms with E-state index < -0.39 is 0 Å². The third-order valence-electron chi connectivity index (χ3n) is 5.61. The van der Waals surface area contributed by atoms with E-state index in [-0.39, 0.29) is 5.91 Å². The standard InChI is InChI=1S/C24H24N4O2S3/c1-30-18-8-6-17(7-9-18)27-10-12-28(13-11-27)21(29)16-33-24-25-22(19-4-2-14-31-19)23(26-24)20-5-3-15-32-20/h2-9,14-15H,10-13,16H2,1H3,(H,25,26). The molecule has 0 atom stereocenters. The highest BCUT2D eigenvalue weighted by Crippen LogP contribution is 2.36. The number of H-pyrrole nitrogens is 1. The van der Waals surface area contributed by atoms with Crippen LogP contribution in [0.25, 0.3) is 21.1 Å². The molecule has 6 nitrogen and oxygen atoms in total. The van der Waals surface area contributed by atoms with E-state index in [2.05, 4.69) is 44.9 Å².